The van der Waals surface area contributed by atoms with E-state index in [0.717, 1.165) is 25.9 Å². The molecule has 1 aromatic carbocycles. The van der Waals surface area contributed by atoms with Crippen molar-refractivity contribution >= 4 is 11.9 Å². The number of amides is 1. The fourth-order valence-corrected chi connectivity index (χ4v) is 2.19. The minimum Gasteiger partial charge on any atom is -0.353 e. The van der Waals surface area contributed by atoms with Crippen molar-refractivity contribution in [2.45, 2.75) is 12.8 Å². The van der Waals surface area contributed by atoms with Gasteiger partial charge in [-0.1, -0.05) is 30.3 Å². The molecule has 1 aromatic heterocycles. The zero-order chi connectivity index (χ0) is 17.2. The Labute approximate surface area is 143 Å². The summed E-state index contributed by atoms with van der Waals surface area (Å²) in [6, 6.07) is 11.9. The van der Waals surface area contributed by atoms with Crippen LogP contribution in [-0.2, 0) is 6.42 Å². The number of nitrogens with zero attached hydrogens (tertiary/aromatic N) is 3. The highest BCUT2D eigenvalue weighted by atomic mass is 16.1. The second kappa shape index (κ2) is 9.62. The number of carbonyl (C=O) groups is 1. The number of hydrogen-bond acceptors (Lipinski definition) is 5. The van der Waals surface area contributed by atoms with E-state index in [1.165, 1.54) is 5.56 Å². The van der Waals surface area contributed by atoms with Gasteiger partial charge < -0.3 is 15.5 Å². The zero-order valence-electron chi connectivity index (χ0n) is 14.3. The topological polar surface area (TPSA) is 70.2 Å². The van der Waals surface area contributed by atoms with Gasteiger partial charge in [-0.15, -0.1) is 0 Å². The molecule has 6 nitrogen and oxygen atoms in total. The van der Waals surface area contributed by atoms with Crippen LogP contribution in [0.1, 0.15) is 22.5 Å². The Kier molecular flexibility index (Phi) is 7.17. The first kappa shape index (κ1) is 17.9. The third kappa shape index (κ3) is 6.34. The summed E-state index contributed by atoms with van der Waals surface area (Å²) in [6.07, 6.45) is 3.45. The van der Waals surface area contributed by atoms with E-state index >= 15 is 0 Å². The number of carbonyl (C=O) groups excluding carboxylic acids is 1. The molecule has 2 aromatic rings. The smallest absolute Gasteiger partial charge is 0.270 e. The molecule has 0 aliphatic rings. The number of rotatable bonds is 9. The average molecular weight is 327 g/mol. The first-order valence-corrected chi connectivity index (χ1v) is 8.19. The molecular weight excluding hydrogens is 302 g/mol. The molecule has 0 bridgehead atoms. The maximum Gasteiger partial charge on any atom is 0.270 e. The van der Waals surface area contributed by atoms with Gasteiger partial charge in [-0.3, -0.25) is 4.79 Å². The summed E-state index contributed by atoms with van der Waals surface area (Å²) in [6.45, 7) is 2.23. The molecule has 2 N–H and O–H groups in total. The summed E-state index contributed by atoms with van der Waals surface area (Å²) in [7, 11) is 4.00. The van der Waals surface area contributed by atoms with Crippen molar-refractivity contribution in [3.8, 4) is 0 Å². The molecule has 1 heterocycles. The lowest BCUT2D eigenvalue weighted by Crippen LogP contribution is -2.26. The highest BCUT2D eigenvalue weighted by molar-refractivity contribution is 5.92. The normalized spacial score (nSPS) is 10.6. The van der Waals surface area contributed by atoms with Gasteiger partial charge in [0.25, 0.3) is 5.91 Å². The summed E-state index contributed by atoms with van der Waals surface area (Å²) < 4.78 is 0. The number of nitrogens with one attached hydrogen (secondary N) is 2. The van der Waals surface area contributed by atoms with Gasteiger partial charge in [-0.2, -0.15) is 0 Å². The van der Waals surface area contributed by atoms with Crippen molar-refractivity contribution in [1.82, 2.24) is 20.2 Å². The molecule has 0 radical (unpaired) electrons. The number of aryl methyl sites for hydroxylation is 1. The van der Waals surface area contributed by atoms with Gasteiger partial charge >= 0.3 is 0 Å². The van der Waals surface area contributed by atoms with Crippen LogP contribution in [0.5, 0.6) is 0 Å². The van der Waals surface area contributed by atoms with Crippen LogP contribution >= 0.6 is 0 Å². The van der Waals surface area contributed by atoms with Gasteiger partial charge in [0.2, 0.25) is 5.95 Å². The molecule has 0 atom stereocenters. The second-order valence-corrected chi connectivity index (χ2v) is 5.84. The monoisotopic (exact) mass is 327 g/mol. The molecule has 0 spiro atoms. The summed E-state index contributed by atoms with van der Waals surface area (Å²) in [5, 5.41) is 6.02. The maximum atomic E-state index is 12.2. The number of hydrogen-bond donors (Lipinski definition) is 2. The zero-order valence-corrected chi connectivity index (χ0v) is 14.3. The Hall–Kier alpha value is -2.47. The van der Waals surface area contributed by atoms with Crippen LogP contribution in [-0.4, -0.2) is 54.5 Å². The molecule has 0 aliphatic heterocycles. The SMILES string of the molecule is CN(C)CCNc1nccc(C(=O)NCCCc2ccccc2)n1. The minimum absolute atomic E-state index is 0.166. The minimum atomic E-state index is -0.166. The molecular formula is C18H25N5O. The molecule has 24 heavy (non-hydrogen) atoms. The van der Waals surface area contributed by atoms with Crippen molar-refractivity contribution in [3.63, 3.8) is 0 Å². The Morgan fingerprint density at radius 1 is 1.12 bits per heavy atom. The Morgan fingerprint density at radius 3 is 2.67 bits per heavy atom. The van der Waals surface area contributed by atoms with Crippen LogP contribution in [0.25, 0.3) is 0 Å². The van der Waals surface area contributed by atoms with Gasteiger partial charge in [0, 0.05) is 25.8 Å². The lowest BCUT2D eigenvalue weighted by molar-refractivity contribution is 0.0948. The van der Waals surface area contributed by atoms with Crippen LogP contribution in [0.4, 0.5) is 5.95 Å². The largest absolute Gasteiger partial charge is 0.353 e. The number of anilines is 1. The van der Waals surface area contributed by atoms with Crippen LogP contribution in [0, 0.1) is 0 Å². The van der Waals surface area contributed by atoms with E-state index in [2.05, 4.69) is 37.6 Å². The Bertz CT molecular complexity index is 630. The van der Waals surface area contributed by atoms with E-state index < -0.39 is 0 Å². The molecule has 0 aliphatic carbocycles. The highest BCUT2D eigenvalue weighted by Crippen LogP contribution is 2.03. The van der Waals surface area contributed by atoms with Gasteiger partial charge in [0.15, 0.2) is 0 Å². The first-order chi connectivity index (χ1) is 11.6. The fraction of sp³-hybridized carbons (Fsp3) is 0.389. The number of aromatic nitrogens is 2. The van der Waals surface area contributed by atoms with E-state index in [1.807, 2.05) is 32.3 Å². The lowest BCUT2D eigenvalue weighted by Gasteiger charge is -2.10. The third-order valence-corrected chi connectivity index (χ3v) is 3.50. The molecule has 128 valence electrons. The number of benzene rings is 1. The van der Waals surface area contributed by atoms with Gasteiger partial charge in [-0.25, -0.2) is 9.97 Å². The predicted octanol–water partition coefficient (Wildman–Crippen LogP) is 1.81. The van der Waals surface area contributed by atoms with Crippen LogP contribution in [0.3, 0.4) is 0 Å². The van der Waals surface area contributed by atoms with E-state index in [4.69, 9.17) is 0 Å². The van der Waals surface area contributed by atoms with E-state index in [1.54, 1.807) is 12.3 Å². The Balaban J connectivity index is 1.75. The van der Waals surface area contributed by atoms with E-state index in [0.29, 0.717) is 18.2 Å². The fourth-order valence-electron chi connectivity index (χ4n) is 2.19. The molecule has 0 saturated heterocycles. The molecule has 6 heteroatoms. The quantitative estimate of drug-likeness (QED) is 0.688. The average Bonchev–Trinajstić information content (AvgIpc) is 2.59. The Morgan fingerprint density at radius 2 is 1.92 bits per heavy atom. The third-order valence-electron chi connectivity index (χ3n) is 3.50. The van der Waals surface area contributed by atoms with Crippen LogP contribution in [0.15, 0.2) is 42.6 Å². The number of likely N-dealkylation sites (N-methyl/N-ethyl adjacent to an activating group) is 1. The first-order valence-electron chi connectivity index (χ1n) is 8.19. The predicted molar refractivity (Wildman–Crippen MR) is 96.2 cm³/mol. The van der Waals surface area contributed by atoms with Gasteiger partial charge in [0.1, 0.15) is 5.69 Å². The standard InChI is InChI=1S/C18H25N5O/c1-23(2)14-13-21-18-20-12-10-16(22-18)17(24)19-11-6-9-15-7-4-3-5-8-15/h3-5,7-8,10,12H,6,9,11,13-14H2,1-2H3,(H,19,24)(H,20,21,22). The molecule has 0 saturated carbocycles. The summed E-state index contributed by atoms with van der Waals surface area (Å²) in [4.78, 5) is 22.6. The highest BCUT2D eigenvalue weighted by Gasteiger charge is 2.08. The molecule has 2 rings (SSSR count). The van der Waals surface area contributed by atoms with Gasteiger partial charge in [-0.05, 0) is 38.6 Å². The van der Waals surface area contributed by atoms with Crippen molar-refractivity contribution in [2.75, 3.05) is 39.0 Å². The summed E-state index contributed by atoms with van der Waals surface area (Å²) >= 11 is 0. The molecule has 1 amide bonds. The van der Waals surface area contributed by atoms with Gasteiger partial charge in [0.05, 0.1) is 0 Å². The van der Waals surface area contributed by atoms with Crippen molar-refractivity contribution < 1.29 is 4.79 Å². The van der Waals surface area contributed by atoms with Crippen LogP contribution < -0.4 is 10.6 Å². The molecule has 0 unspecified atom stereocenters. The lowest BCUT2D eigenvalue weighted by atomic mass is 10.1. The van der Waals surface area contributed by atoms with E-state index in [9.17, 15) is 4.79 Å². The summed E-state index contributed by atoms with van der Waals surface area (Å²) in [5.74, 6) is 0.315. The van der Waals surface area contributed by atoms with Crippen molar-refractivity contribution in [2.24, 2.45) is 0 Å². The summed E-state index contributed by atoms with van der Waals surface area (Å²) in [5.41, 5.74) is 1.67. The van der Waals surface area contributed by atoms with Crippen molar-refractivity contribution in [3.05, 3.63) is 53.9 Å². The maximum absolute atomic E-state index is 12.2. The van der Waals surface area contributed by atoms with Crippen molar-refractivity contribution in [1.29, 1.82) is 0 Å². The van der Waals surface area contributed by atoms with Crippen LogP contribution in [0.2, 0.25) is 0 Å². The second-order valence-electron chi connectivity index (χ2n) is 5.84. The molecule has 0 fully saturated rings. The van der Waals surface area contributed by atoms with E-state index in [-0.39, 0.29) is 5.91 Å².